The van der Waals surface area contributed by atoms with Crippen molar-refractivity contribution in [2.24, 2.45) is 0 Å². The van der Waals surface area contributed by atoms with Crippen molar-refractivity contribution in [2.75, 3.05) is 5.32 Å². The third-order valence-corrected chi connectivity index (χ3v) is 7.09. The van der Waals surface area contributed by atoms with Gasteiger partial charge >= 0.3 is 6.03 Å². The first-order chi connectivity index (χ1) is 14.0. The molecular formula is C20H22ClFN2O5S. The zero-order chi connectivity index (χ0) is 21.8. The Hall–Kier alpha value is -2.10. The number of nitrogens with one attached hydrogen (secondary N) is 2. The summed E-state index contributed by atoms with van der Waals surface area (Å²) in [5.41, 5.74) is 1.88. The molecule has 0 saturated carbocycles. The van der Waals surface area contributed by atoms with E-state index in [2.05, 4.69) is 5.32 Å². The Morgan fingerprint density at radius 3 is 2.17 bits per heavy atom. The molecule has 2 amide bonds. The standard InChI is InChI=1S/C20H22ClFN2O5S/c1-20(2,26)14-9-15(29-18(14)21)30(27,28)24-19(25)23-17-12-7-3-5-10(12)16(22)11-6-4-8-13(11)17/h9,26H,3-8H2,1-2H3,(H2,23,24,25). The highest BCUT2D eigenvalue weighted by molar-refractivity contribution is 7.89. The van der Waals surface area contributed by atoms with Gasteiger partial charge in [0.1, 0.15) is 5.82 Å². The minimum Gasteiger partial charge on any atom is -0.431 e. The maximum atomic E-state index is 14.8. The topological polar surface area (TPSA) is 109 Å². The SMILES string of the molecule is CC(C)(O)c1cc(S(=O)(=O)NC(=O)Nc2c3c(c(F)c4c2CCC4)CCC3)oc1Cl. The van der Waals surface area contributed by atoms with Gasteiger partial charge in [-0.2, -0.15) is 8.42 Å². The quantitative estimate of drug-likeness (QED) is 0.648. The molecule has 1 aromatic heterocycles. The normalized spacial score (nSPS) is 15.8. The molecule has 3 N–H and O–H groups in total. The molecule has 10 heteroatoms. The predicted octanol–water partition coefficient (Wildman–Crippen LogP) is 3.79. The molecule has 0 radical (unpaired) electrons. The Morgan fingerprint density at radius 1 is 1.13 bits per heavy atom. The molecule has 4 rings (SSSR count). The summed E-state index contributed by atoms with van der Waals surface area (Å²) < 4.78 is 46.9. The molecular weight excluding hydrogens is 435 g/mol. The van der Waals surface area contributed by atoms with Gasteiger partial charge in [0.25, 0.3) is 10.0 Å². The van der Waals surface area contributed by atoms with Gasteiger partial charge < -0.3 is 14.8 Å². The van der Waals surface area contributed by atoms with E-state index in [1.165, 1.54) is 13.8 Å². The Labute approximate surface area is 178 Å². The molecule has 1 heterocycles. The molecule has 30 heavy (non-hydrogen) atoms. The first-order valence-corrected chi connectivity index (χ1v) is 11.6. The molecule has 0 atom stereocenters. The molecule has 1 aromatic carbocycles. The van der Waals surface area contributed by atoms with Crippen LogP contribution in [-0.2, 0) is 41.3 Å². The highest BCUT2D eigenvalue weighted by atomic mass is 35.5. The molecule has 2 aliphatic rings. The van der Waals surface area contributed by atoms with Crippen molar-refractivity contribution in [1.82, 2.24) is 4.72 Å². The maximum Gasteiger partial charge on any atom is 0.333 e. The fourth-order valence-corrected chi connectivity index (χ4v) is 5.52. The van der Waals surface area contributed by atoms with Crippen molar-refractivity contribution in [2.45, 2.75) is 63.1 Å². The lowest BCUT2D eigenvalue weighted by Gasteiger charge is -2.17. The fourth-order valence-electron chi connectivity index (χ4n) is 4.25. The Kier molecular flexibility index (Phi) is 5.11. The molecule has 0 fully saturated rings. The molecule has 162 valence electrons. The number of sulfonamides is 1. The first kappa shape index (κ1) is 21.1. The number of fused-ring (bicyclic) bond motifs is 2. The highest BCUT2D eigenvalue weighted by Gasteiger charge is 2.32. The summed E-state index contributed by atoms with van der Waals surface area (Å²) in [6.07, 6.45) is 4.04. The van der Waals surface area contributed by atoms with Gasteiger partial charge in [0.05, 0.1) is 5.60 Å². The van der Waals surface area contributed by atoms with Crippen LogP contribution in [0.3, 0.4) is 0 Å². The van der Waals surface area contributed by atoms with Crippen LogP contribution >= 0.6 is 11.6 Å². The molecule has 0 spiro atoms. The summed E-state index contributed by atoms with van der Waals surface area (Å²) in [6.45, 7) is 2.85. The minimum absolute atomic E-state index is 0.0825. The van der Waals surface area contributed by atoms with Crippen LogP contribution in [0.25, 0.3) is 0 Å². The number of rotatable bonds is 4. The van der Waals surface area contributed by atoms with Gasteiger partial charge in [0.2, 0.25) is 10.3 Å². The van der Waals surface area contributed by atoms with Gasteiger partial charge in [-0.15, -0.1) is 0 Å². The van der Waals surface area contributed by atoms with Gasteiger partial charge in [0.15, 0.2) is 0 Å². The van der Waals surface area contributed by atoms with E-state index in [0.29, 0.717) is 42.5 Å². The zero-order valence-corrected chi connectivity index (χ0v) is 18.1. The number of aliphatic hydroxyl groups is 1. The molecule has 2 aliphatic carbocycles. The second-order valence-corrected chi connectivity index (χ2v) is 10.1. The molecule has 2 aromatic rings. The van der Waals surface area contributed by atoms with Gasteiger partial charge in [-0.05, 0) is 86.2 Å². The number of amides is 2. The molecule has 0 saturated heterocycles. The van der Waals surface area contributed by atoms with E-state index in [4.69, 9.17) is 16.0 Å². The number of hydrogen-bond donors (Lipinski definition) is 3. The number of furan rings is 1. The van der Waals surface area contributed by atoms with Gasteiger partial charge in [-0.1, -0.05) is 0 Å². The van der Waals surface area contributed by atoms with E-state index in [1.807, 2.05) is 4.72 Å². The van der Waals surface area contributed by atoms with Crippen molar-refractivity contribution < 1.29 is 27.1 Å². The minimum atomic E-state index is -4.38. The third kappa shape index (κ3) is 3.59. The van der Waals surface area contributed by atoms with Gasteiger partial charge in [-0.25, -0.2) is 13.9 Å². The van der Waals surface area contributed by atoms with Crippen LogP contribution in [0.2, 0.25) is 5.22 Å². The van der Waals surface area contributed by atoms with Gasteiger partial charge in [-0.3, -0.25) is 0 Å². The average Bonchev–Trinajstić information content (AvgIpc) is 3.36. The molecule has 0 unspecified atom stereocenters. The van der Waals surface area contributed by atoms with Crippen molar-refractivity contribution >= 4 is 33.3 Å². The number of anilines is 1. The lowest BCUT2D eigenvalue weighted by molar-refractivity contribution is 0.0781. The summed E-state index contributed by atoms with van der Waals surface area (Å²) in [7, 11) is -4.38. The number of carbonyl (C=O) groups excluding carboxylic acids is 1. The second kappa shape index (κ2) is 7.25. The van der Waals surface area contributed by atoms with E-state index in [0.717, 1.165) is 30.0 Å². The van der Waals surface area contributed by atoms with Crippen LogP contribution in [0.5, 0.6) is 0 Å². The summed E-state index contributed by atoms with van der Waals surface area (Å²) in [5, 5.41) is 11.8. The first-order valence-electron chi connectivity index (χ1n) is 9.70. The number of benzene rings is 1. The molecule has 0 aliphatic heterocycles. The van der Waals surface area contributed by atoms with E-state index in [1.54, 1.807) is 0 Å². The third-order valence-electron chi connectivity index (χ3n) is 5.62. The van der Waals surface area contributed by atoms with E-state index in [9.17, 15) is 22.7 Å². The van der Waals surface area contributed by atoms with Crippen LogP contribution in [0.1, 0.15) is 54.5 Å². The Morgan fingerprint density at radius 2 is 1.67 bits per heavy atom. The van der Waals surface area contributed by atoms with Crippen molar-refractivity contribution in [3.63, 3.8) is 0 Å². The average molecular weight is 457 g/mol. The van der Waals surface area contributed by atoms with Crippen LogP contribution in [-0.4, -0.2) is 19.6 Å². The smallest absolute Gasteiger partial charge is 0.333 e. The lowest BCUT2D eigenvalue weighted by Crippen LogP contribution is -2.34. The zero-order valence-electron chi connectivity index (χ0n) is 16.6. The van der Waals surface area contributed by atoms with Gasteiger partial charge in [0, 0.05) is 17.3 Å². The highest BCUT2D eigenvalue weighted by Crippen LogP contribution is 2.41. The summed E-state index contributed by atoms with van der Waals surface area (Å²) in [4.78, 5) is 12.6. The van der Waals surface area contributed by atoms with Crippen LogP contribution in [0.4, 0.5) is 14.9 Å². The number of hydrogen-bond acceptors (Lipinski definition) is 5. The summed E-state index contributed by atoms with van der Waals surface area (Å²) in [5.74, 6) is -0.182. The largest absolute Gasteiger partial charge is 0.431 e. The summed E-state index contributed by atoms with van der Waals surface area (Å²) >= 11 is 5.89. The van der Waals surface area contributed by atoms with E-state index < -0.39 is 26.7 Å². The monoisotopic (exact) mass is 456 g/mol. The van der Waals surface area contributed by atoms with Crippen molar-refractivity contribution in [3.8, 4) is 0 Å². The van der Waals surface area contributed by atoms with Crippen molar-refractivity contribution in [1.29, 1.82) is 0 Å². The van der Waals surface area contributed by atoms with Crippen LogP contribution in [0.15, 0.2) is 15.6 Å². The second-order valence-electron chi connectivity index (χ2n) is 8.18. The number of carbonyl (C=O) groups is 1. The molecule has 7 nitrogen and oxygen atoms in total. The lowest BCUT2D eigenvalue weighted by atomic mass is 9.98. The summed E-state index contributed by atoms with van der Waals surface area (Å²) in [6, 6.07) is 0.104. The van der Waals surface area contributed by atoms with Crippen LogP contribution in [0, 0.1) is 5.82 Å². The Bertz CT molecular complexity index is 1120. The molecule has 0 bridgehead atoms. The number of urea groups is 1. The maximum absolute atomic E-state index is 14.8. The predicted molar refractivity (Wildman–Crippen MR) is 109 cm³/mol. The fraction of sp³-hybridized carbons (Fsp3) is 0.450. The van der Waals surface area contributed by atoms with Crippen molar-refractivity contribution in [3.05, 3.63) is 44.9 Å². The Balaban J connectivity index is 1.61. The van der Waals surface area contributed by atoms with Crippen LogP contribution < -0.4 is 10.0 Å². The number of halogens is 2. The van der Waals surface area contributed by atoms with E-state index in [-0.39, 0.29) is 16.6 Å². The van der Waals surface area contributed by atoms with E-state index >= 15 is 0 Å².